The van der Waals surface area contributed by atoms with Crippen LogP contribution in [0.5, 0.6) is 0 Å². The molecule has 0 heterocycles. The van der Waals surface area contributed by atoms with Crippen molar-refractivity contribution >= 4 is 21.8 Å². The summed E-state index contributed by atoms with van der Waals surface area (Å²) in [4.78, 5) is 21.6. The molecule has 0 atom stereocenters. The average molecular weight is 280 g/mol. The highest BCUT2D eigenvalue weighted by molar-refractivity contribution is 7.92. The van der Waals surface area contributed by atoms with E-state index in [0.29, 0.717) is 0 Å². The number of carbonyl (C=O) groups is 2. The highest BCUT2D eigenvalue weighted by Crippen LogP contribution is 2.09. The number of aliphatic carboxylic acids is 1. The average Bonchev–Trinajstić information content (AvgIpc) is 2.07. The molecule has 106 valence electrons. The monoisotopic (exact) mass is 280 g/mol. The Balaban J connectivity index is 4.08. The molecule has 0 bridgehead atoms. The molecule has 0 saturated carbocycles. The van der Waals surface area contributed by atoms with Gasteiger partial charge in [-0.05, 0) is 33.6 Å². The van der Waals surface area contributed by atoms with Gasteiger partial charge in [0.2, 0.25) is 0 Å². The zero-order valence-corrected chi connectivity index (χ0v) is 11.7. The molecule has 0 fully saturated rings. The Morgan fingerprint density at radius 1 is 1.17 bits per heavy atom. The first-order valence-corrected chi connectivity index (χ1v) is 7.48. The van der Waals surface area contributed by atoms with E-state index in [1.807, 2.05) is 0 Å². The second kappa shape index (κ2) is 6.72. The van der Waals surface area contributed by atoms with Gasteiger partial charge in [0, 0.05) is 6.42 Å². The van der Waals surface area contributed by atoms with Crippen molar-refractivity contribution in [2.45, 2.75) is 45.6 Å². The van der Waals surface area contributed by atoms with E-state index in [4.69, 9.17) is 9.84 Å². The number of carboxylic acid groups (broad SMARTS) is 1. The van der Waals surface area contributed by atoms with E-state index in [2.05, 4.69) is 0 Å². The summed E-state index contributed by atoms with van der Waals surface area (Å²) in [6, 6.07) is 0. The zero-order valence-electron chi connectivity index (χ0n) is 10.9. The normalized spacial score (nSPS) is 12.2. The summed E-state index contributed by atoms with van der Waals surface area (Å²) in [5.41, 5.74) is -0.712. The first-order valence-electron chi connectivity index (χ1n) is 5.66. The minimum Gasteiger partial charge on any atom is -0.481 e. The molecule has 18 heavy (non-hydrogen) atoms. The Kier molecular flexibility index (Phi) is 6.31. The number of ether oxygens (including phenoxy) is 1. The molecule has 1 N–H and O–H groups in total. The van der Waals surface area contributed by atoms with E-state index in [0.717, 1.165) is 0 Å². The maximum absolute atomic E-state index is 11.5. The number of hydrogen-bond acceptors (Lipinski definition) is 5. The number of unbranched alkanes of at least 4 members (excludes halogenated alkanes) is 1. The molecule has 0 aliphatic rings. The first-order chi connectivity index (χ1) is 8.02. The van der Waals surface area contributed by atoms with Gasteiger partial charge >= 0.3 is 11.9 Å². The van der Waals surface area contributed by atoms with Gasteiger partial charge in [-0.25, -0.2) is 8.42 Å². The molecule has 0 aliphatic heterocycles. The van der Waals surface area contributed by atoms with Gasteiger partial charge in [-0.1, -0.05) is 0 Å². The quantitative estimate of drug-likeness (QED) is 0.552. The van der Waals surface area contributed by atoms with Gasteiger partial charge in [0.15, 0.2) is 9.84 Å². The summed E-state index contributed by atoms with van der Waals surface area (Å²) in [7, 11) is -3.52. The fraction of sp³-hybridized carbons (Fsp3) is 0.818. The zero-order chi connectivity index (χ0) is 14.4. The third kappa shape index (κ3) is 10.1. The lowest BCUT2D eigenvalue weighted by Gasteiger charge is -2.19. The van der Waals surface area contributed by atoms with Gasteiger partial charge in [-0.2, -0.15) is 0 Å². The van der Waals surface area contributed by atoms with Crippen LogP contribution in [0.2, 0.25) is 0 Å². The van der Waals surface area contributed by atoms with Gasteiger partial charge < -0.3 is 9.84 Å². The maximum atomic E-state index is 11.5. The van der Waals surface area contributed by atoms with Crippen LogP contribution in [0.4, 0.5) is 0 Å². The Bertz CT molecular complexity index is 390. The first kappa shape index (κ1) is 16.9. The molecule has 0 aromatic carbocycles. The van der Waals surface area contributed by atoms with E-state index < -0.39 is 33.1 Å². The smallest absolute Gasteiger partial charge is 0.321 e. The van der Waals surface area contributed by atoms with Gasteiger partial charge in [0.1, 0.15) is 11.4 Å². The molecule has 0 spiro atoms. The van der Waals surface area contributed by atoms with Crippen LogP contribution in [-0.2, 0) is 24.2 Å². The Hall–Kier alpha value is -1.11. The maximum Gasteiger partial charge on any atom is 0.321 e. The van der Waals surface area contributed by atoms with Gasteiger partial charge in [-0.15, -0.1) is 0 Å². The van der Waals surface area contributed by atoms with Gasteiger partial charge in [-0.3, -0.25) is 9.59 Å². The van der Waals surface area contributed by atoms with Crippen LogP contribution < -0.4 is 0 Å². The molecule has 7 heteroatoms. The predicted octanol–water partition coefficient (Wildman–Crippen LogP) is 0.998. The van der Waals surface area contributed by atoms with Crippen LogP contribution >= 0.6 is 0 Å². The summed E-state index contributed by atoms with van der Waals surface area (Å²) in [5, 5.41) is 8.39. The number of hydrogen-bond donors (Lipinski definition) is 1. The van der Waals surface area contributed by atoms with Crippen molar-refractivity contribution in [2.75, 3.05) is 11.5 Å². The molecule has 0 aromatic heterocycles. The largest absolute Gasteiger partial charge is 0.481 e. The molecular formula is C11H20O6S. The molecule has 0 radical (unpaired) electrons. The number of sulfone groups is 1. The van der Waals surface area contributed by atoms with Crippen molar-refractivity contribution in [3.63, 3.8) is 0 Å². The summed E-state index contributed by atoms with van der Waals surface area (Å²) in [6.45, 7) is 4.97. The Morgan fingerprint density at radius 3 is 2.17 bits per heavy atom. The van der Waals surface area contributed by atoms with E-state index in [1.54, 1.807) is 20.8 Å². The molecular weight excluding hydrogens is 260 g/mol. The van der Waals surface area contributed by atoms with Crippen molar-refractivity contribution in [2.24, 2.45) is 0 Å². The second-order valence-corrected chi connectivity index (χ2v) is 7.21. The van der Waals surface area contributed by atoms with Crippen LogP contribution in [0, 0.1) is 0 Å². The molecule has 0 unspecified atom stereocenters. The lowest BCUT2D eigenvalue weighted by Crippen LogP contribution is -2.29. The second-order valence-electron chi connectivity index (χ2n) is 5.03. The predicted molar refractivity (Wildman–Crippen MR) is 66.0 cm³/mol. The van der Waals surface area contributed by atoms with Crippen molar-refractivity contribution in [3.8, 4) is 0 Å². The standard InChI is InChI=1S/C11H20O6S/c1-11(2,3)17-10(14)8-18(15,16)7-5-4-6-9(12)13/h4-8H2,1-3H3,(H,12,13). The van der Waals surface area contributed by atoms with E-state index in [9.17, 15) is 18.0 Å². The highest BCUT2D eigenvalue weighted by atomic mass is 32.2. The number of carboxylic acids is 1. The van der Waals surface area contributed by atoms with E-state index in [-0.39, 0.29) is 25.0 Å². The Labute approximate surface area is 107 Å². The summed E-state index contributed by atoms with van der Waals surface area (Å²) in [6.07, 6.45) is 0.447. The number of carbonyl (C=O) groups excluding carboxylic acids is 1. The highest BCUT2D eigenvalue weighted by Gasteiger charge is 2.22. The lowest BCUT2D eigenvalue weighted by molar-refractivity contribution is -0.151. The molecule has 6 nitrogen and oxygen atoms in total. The summed E-state index contributed by atoms with van der Waals surface area (Å²) < 4.78 is 28.0. The van der Waals surface area contributed by atoms with Gasteiger partial charge in [0.05, 0.1) is 5.75 Å². The lowest BCUT2D eigenvalue weighted by atomic mass is 10.2. The fourth-order valence-electron chi connectivity index (χ4n) is 1.22. The summed E-state index contributed by atoms with van der Waals surface area (Å²) in [5.74, 6) is -2.59. The molecule has 0 aromatic rings. The number of esters is 1. The molecule has 0 amide bonds. The van der Waals surface area contributed by atoms with Crippen molar-refractivity contribution in [1.29, 1.82) is 0 Å². The third-order valence-corrected chi connectivity index (χ3v) is 3.44. The number of rotatable bonds is 7. The van der Waals surface area contributed by atoms with Crippen molar-refractivity contribution in [3.05, 3.63) is 0 Å². The SMILES string of the molecule is CC(C)(C)OC(=O)CS(=O)(=O)CCCCC(=O)O. The van der Waals surface area contributed by atoms with Crippen LogP contribution in [0.1, 0.15) is 40.0 Å². The summed E-state index contributed by atoms with van der Waals surface area (Å²) >= 11 is 0. The van der Waals surface area contributed by atoms with E-state index in [1.165, 1.54) is 0 Å². The topological polar surface area (TPSA) is 97.7 Å². The fourth-order valence-corrected chi connectivity index (χ4v) is 2.43. The Morgan fingerprint density at radius 2 is 1.72 bits per heavy atom. The van der Waals surface area contributed by atoms with Crippen molar-refractivity contribution < 1.29 is 27.9 Å². The van der Waals surface area contributed by atoms with Crippen LogP contribution in [0.3, 0.4) is 0 Å². The van der Waals surface area contributed by atoms with Gasteiger partial charge in [0.25, 0.3) is 0 Å². The minimum atomic E-state index is -3.52. The molecule has 0 rings (SSSR count). The van der Waals surface area contributed by atoms with Crippen molar-refractivity contribution in [1.82, 2.24) is 0 Å². The van der Waals surface area contributed by atoms with Crippen LogP contribution in [0.15, 0.2) is 0 Å². The van der Waals surface area contributed by atoms with Crippen LogP contribution in [-0.4, -0.2) is 42.6 Å². The van der Waals surface area contributed by atoms with E-state index >= 15 is 0 Å². The third-order valence-electron chi connectivity index (χ3n) is 1.85. The van der Waals surface area contributed by atoms with Crippen LogP contribution in [0.25, 0.3) is 0 Å². The molecule has 0 aliphatic carbocycles. The minimum absolute atomic E-state index is 0.0675. The molecule has 0 saturated heterocycles.